The van der Waals surface area contributed by atoms with Gasteiger partial charge in [0, 0.05) is 35.8 Å². The summed E-state index contributed by atoms with van der Waals surface area (Å²) >= 11 is 0. The second kappa shape index (κ2) is 15.8. The van der Waals surface area contributed by atoms with Crippen molar-refractivity contribution in [3.8, 4) is 5.69 Å². The first-order valence-electron chi connectivity index (χ1n) is 16.2. The van der Waals surface area contributed by atoms with Gasteiger partial charge in [-0.25, -0.2) is 4.79 Å². The van der Waals surface area contributed by atoms with Crippen molar-refractivity contribution in [1.29, 1.82) is 0 Å². The molecule has 2 heterocycles. The standard InChI is InChI=1S/C21H29N7O.C15H22F3N/c1-21(2,3)17-11-15-13-28(20(29)27-18(15)26-17)16-7-5-14(6-8-16)12-24-9-4-10-25-19(22)23;1-10(9-19)5-11-6-12(14(2,3)4)8-13(7-11)15(16,17)18/h5-8,11,13,24H,4,9-10,12H2,1-3H3,(H4,22,23,25)(H,26,27,29);6-8,10H,5,9,19H2,1-4H3. The Hall–Kier alpha value is -4.16. The first kappa shape index (κ1) is 38.3. The lowest BCUT2D eigenvalue weighted by Gasteiger charge is -2.22. The van der Waals surface area contributed by atoms with Gasteiger partial charge in [0.05, 0.1) is 11.3 Å². The molecule has 4 rings (SSSR count). The van der Waals surface area contributed by atoms with E-state index in [1.807, 2.05) is 64.2 Å². The zero-order valence-corrected chi connectivity index (χ0v) is 29.1. The van der Waals surface area contributed by atoms with Crippen molar-refractivity contribution in [1.82, 2.24) is 19.9 Å². The Morgan fingerprint density at radius 2 is 1.60 bits per heavy atom. The van der Waals surface area contributed by atoms with Gasteiger partial charge in [0.15, 0.2) is 5.96 Å². The van der Waals surface area contributed by atoms with Gasteiger partial charge in [-0.2, -0.15) is 18.2 Å². The third-order valence-corrected chi connectivity index (χ3v) is 7.84. The van der Waals surface area contributed by atoms with Crippen LogP contribution in [0.15, 0.2) is 64.5 Å². The summed E-state index contributed by atoms with van der Waals surface area (Å²) in [5.74, 6) is 0.300. The van der Waals surface area contributed by atoms with E-state index in [1.165, 1.54) is 12.1 Å². The third-order valence-electron chi connectivity index (χ3n) is 7.84. The SMILES string of the molecule is CC(C)(C)c1cc2cn(-c3ccc(CNCCCN=C(N)N)cc3)c(=O)nc2[nH]1.CC(CN)Cc1cc(C(C)(C)C)cc(C(F)(F)F)c1. The maximum Gasteiger partial charge on any atom is 0.416 e. The molecule has 2 aromatic heterocycles. The summed E-state index contributed by atoms with van der Waals surface area (Å²) in [6.07, 6.45) is -1.02. The monoisotopic (exact) mass is 668 g/mol. The number of nitrogens with zero attached hydrogens (tertiary/aromatic N) is 3. The molecule has 0 saturated heterocycles. The van der Waals surface area contributed by atoms with E-state index in [9.17, 15) is 18.0 Å². The Bertz CT molecular complexity index is 1690. The van der Waals surface area contributed by atoms with E-state index in [1.54, 1.807) is 4.57 Å². The molecule has 0 aliphatic heterocycles. The van der Waals surface area contributed by atoms with Crippen molar-refractivity contribution < 1.29 is 13.2 Å². The summed E-state index contributed by atoms with van der Waals surface area (Å²) in [5, 5.41) is 4.27. The highest BCUT2D eigenvalue weighted by atomic mass is 19.4. The Kier molecular flexibility index (Phi) is 12.6. The van der Waals surface area contributed by atoms with E-state index in [0.717, 1.165) is 41.8 Å². The first-order valence-corrected chi connectivity index (χ1v) is 16.2. The van der Waals surface area contributed by atoms with Crippen molar-refractivity contribution in [2.75, 3.05) is 19.6 Å². The molecule has 1 atom stereocenters. The van der Waals surface area contributed by atoms with Crippen LogP contribution in [-0.2, 0) is 30.0 Å². The summed E-state index contributed by atoms with van der Waals surface area (Å²) in [6, 6.07) is 14.3. The molecule has 8 N–H and O–H groups in total. The van der Waals surface area contributed by atoms with Crippen molar-refractivity contribution >= 4 is 17.0 Å². The summed E-state index contributed by atoms with van der Waals surface area (Å²) in [7, 11) is 0. The molecule has 0 amide bonds. The molecule has 4 aromatic rings. The van der Waals surface area contributed by atoms with Crippen LogP contribution in [-0.4, -0.2) is 40.1 Å². The van der Waals surface area contributed by atoms with Crippen LogP contribution < -0.4 is 28.2 Å². The first-order chi connectivity index (χ1) is 22.3. The molecule has 2 aromatic carbocycles. The predicted octanol–water partition coefficient (Wildman–Crippen LogP) is 5.90. The number of guanidine groups is 1. The van der Waals surface area contributed by atoms with Gasteiger partial charge in [0.2, 0.25) is 0 Å². The highest BCUT2D eigenvalue weighted by Gasteiger charge is 2.32. The number of halogens is 3. The molecule has 0 spiro atoms. The van der Waals surface area contributed by atoms with Crippen molar-refractivity contribution in [2.45, 2.75) is 84.9 Å². The Morgan fingerprint density at radius 3 is 2.17 bits per heavy atom. The lowest BCUT2D eigenvalue weighted by molar-refractivity contribution is -0.137. The van der Waals surface area contributed by atoms with E-state index < -0.39 is 11.7 Å². The number of nitrogens with one attached hydrogen (secondary N) is 2. The summed E-state index contributed by atoms with van der Waals surface area (Å²) in [6.45, 7) is 16.7. The van der Waals surface area contributed by atoms with E-state index in [0.29, 0.717) is 36.3 Å². The van der Waals surface area contributed by atoms with Gasteiger partial charge in [0.25, 0.3) is 0 Å². The largest absolute Gasteiger partial charge is 0.416 e. The van der Waals surface area contributed by atoms with Crippen LogP contribution in [0.3, 0.4) is 0 Å². The van der Waals surface area contributed by atoms with Crippen LogP contribution in [0.2, 0.25) is 0 Å². The fourth-order valence-electron chi connectivity index (χ4n) is 4.89. The molecule has 0 aliphatic carbocycles. The minimum Gasteiger partial charge on any atom is -0.370 e. The molecule has 0 fully saturated rings. The maximum atomic E-state index is 12.9. The van der Waals surface area contributed by atoms with Crippen LogP contribution in [0.5, 0.6) is 0 Å². The fraction of sp³-hybridized carbons (Fsp3) is 0.472. The minimum absolute atomic E-state index is 0.0352. The van der Waals surface area contributed by atoms with E-state index in [-0.39, 0.29) is 28.4 Å². The molecule has 12 heteroatoms. The van der Waals surface area contributed by atoms with Crippen LogP contribution in [0.25, 0.3) is 16.7 Å². The predicted molar refractivity (Wildman–Crippen MR) is 189 cm³/mol. The number of benzene rings is 2. The normalized spacial score (nSPS) is 12.8. The van der Waals surface area contributed by atoms with Gasteiger partial charge in [-0.3, -0.25) is 9.56 Å². The number of aliphatic imine (C=N–C) groups is 1. The number of aromatic amines is 1. The molecule has 0 saturated carbocycles. The van der Waals surface area contributed by atoms with Crippen LogP contribution in [0.4, 0.5) is 13.2 Å². The molecule has 0 radical (unpaired) electrons. The lowest BCUT2D eigenvalue weighted by atomic mass is 9.84. The minimum atomic E-state index is -4.30. The number of H-pyrrole nitrogens is 1. The molecule has 48 heavy (non-hydrogen) atoms. The topological polar surface area (TPSA) is 153 Å². The summed E-state index contributed by atoms with van der Waals surface area (Å²) in [4.78, 5) is 23.9. The number of nitrogens with two attached hydrogens (primary N) is 3. The molecule has 9 nitrogen and oxygen atoms in total. The zero-order chi connectivity index (χ0) is 35.9. The second-order valence-electron chi connectivity index (χ2n) is 14.3. The van der Waals surface area contributed by atoms with E-state index in [4.69, 9.17) is 17.2 Å². The average Bonchev–Trinajstić information content (AvgIpc) is 3.41. The number of hydrogen-bond acceptors (Lipinski definition) is 5. The quantitative estimate of drug-likeness (QED) is 0.0806. The molecule has 262 valence electrons. The van der Waals surface area contributed by atoms with Gasteiger partial charge in [0.1, 0.15) is 5.65 Å². The van der Waals surface area contributed by atoms with Crippen LogP contribution >= 0.6 is 0 Å². The smallest absolute Gasteiger partial charge is 0.370 e. The number of rotatable bonds is 10. The van der Waals surface area contributed by atoms with Crippen LogP contribution in [0.1, 0.15) is 82.8 Å². The van der Waals surface area contributed by atoms with Gasteiger partial charge >= 0.3 is 11.9 Å². The zero-order valence-electron chi connectivity index (χ0n) is 29.1. The van der Waals surface area contributed by atoms with Crippen molar-refractivity contribution in [2.24, 2.45) is 28.1 Å². The number of alkyl halides is 3. The van der Waals surface area contributed by atoms with Crippen LogP contribution in [0, 0.1) is 5.92 Å². The average molecular weight is 669 g/mol. The van der Waals surface area contributed by atoms with Gasteiger partial charge in [-0.15, -0.1) is 0 Å². The molecular weight excluding hydrogens is 617 g/mol. The Balaban J connectivity index is 0.000000286. The second-order valence-corrected chi connectivity index (χ2v) is 14.3. The van der Waals surface area contributed by atoms with E-state index >= 15 is 0 Å². The fourth-order valence-corrected chi connectivity index (χ4v) is 4.89. The summed E-state index contributed by atoms with van der Waals surface area (Å²) < 4.78 is 40.4. The molecule has 1 unspecified atom stereocenters. The van der Waals surface area contributed by atoms with Gasteiger partial charge in [-0.05, 0) is 84.3 Å². The highest BCUT2D eigenvalue weighted by Crippen LogP contribution is 2.34. The Labute approximate surface area is 281 Å². The van der Waals surface area contributed by atoms with Gasteiger partial charge < -0.3 is 27.5 Å². The molecular formula is C36H51F3N8O. The number of hydrogen-bond donors (Lipinski definition) is 5. The lowest BCUT2D eigenvalue weighted by Crippen LogP contribution is -2.23. The summed E-state index contributed by atoms with van der Waals surface area (Å²) in [5.41, 5.74) is 20.0. The van der Waals surface area contributed by atoms with Gasteiger partial charge in [-0.1, -0.05) is 66.7 Å². The van der Waals surface area contributed by atoms with Crippen molar-refractivity contribution in [3.05, 3.63) is 93.2 Å². The van der Waals surface area contributed by atoms with Crippen molar-refractivity contribution in [3.63, 3.8) is 0 Å². The molecule has 0 aliphatic rings. The third kappa shape index (κ3) is 11.2. The van der Waals surface area contributed by atoms with E-state index in [2.05, 4.69) is 47.1 Å². The Morgan fingerprint density at radius 1 is 0.958 bits per heavy atom. The maximum absolute atomic E-state index is 12.9. The molecule has 0 bridgehead atoms. The highest BCUT2D eigenvalue weighted by molar-refractivity contribution is 5.76. The number of fused-ring (bicyclic) bond motifs is 1. The number of aromatic nitrogens is 3.